The number of imide groups is 2. The van der Waals surface area contributed by atoms with Crippen molar-refractivity contribution >= 4 is 47.3 Å². The van der Waals surface area contributed by atoms with Gasteiger partial charge in [0.25, 0.3) is 30.1 Å². The first-order chi connectivity index (χ1) is 34.8. The number of hydroxylamine groups is 4. The molecule has 8 rings (SSSR count). The van der Waals surface area contributed by atoms with Crippen molar-refractivity contribution in [2.24, 2.45) is 21.1 Å². The van der Waals surface area contributed by atoms with Gasteiger partial charge in [-0.1, -0.05) is 0 Å². The Morgan fingerprint density at radius 2 is 1.04 bits per heavy atom. The number of aliphatic carboxylic acids is 1. The van der Waals surface area contributed by atoms with Crippen LogP contribution in [-0.2, 0) is 97.8 Å². The van der Waals surface area contributed by atoms with Crippen LogP contribution < -0.4 is 0 Å². The van der Waals surface area contributed by atoms with Crippen LogP contribution in [0.15, 0.2) is 123 Å². The summed E-state index contributed by atoms with van der Waals surface area (Å²) in [6.45, 7) is 1.05. The number of H-pyrrole nitrogens is 3. The van der Waals surface area contributed by atoms with E-state index in [-0.39, 0.29) is 55.3 Å². The molecule has 2 aliphatic rings. The normalized spacial score (nSPS) is 11.8. The van der Waals surface area contributed by atoms with Crippen molar-refractivity contribution in [1.29, 1.82) is 0 Å². The molecule has 0 saturated carbocycles. The highest BCUT2D eigenvalue weighted by molar-refractivity contribution is 6.02. The van der Waals surface area contributed by atoms with Crippen LogP contribution in [0.25, 0.3) is 0 Å². The molecule has 6 aromatic rings. The van der Waals surface area contributed by atoms with E-state index < -0.39 is 42.0 Å². The van der Waals surface area contributed by atoms with Gasteiger partial charge < -0.3 is 62.7 Å². The van der Waals surface area contributed by atoms with Crippen LogP contribution in [0.2, 0.25) is 0 Å². The molecule has 0 aliphatic carbocycles. The molecule has 4 amide bonds. The number of aliphatic hydroxyl groups excluding tert-OH is 1. The van der Waals surface area contributed by atoms with Crippen LogP contribution >= 0.6 is 0 Å². The Bertz CT molecular complexity index is 2370. The Balaban J connectivity index is 0.000000827. The highest BCUT2D eigenvalue weighted by Gasteiger charge is 2.32. The van der Waals surface area contributed by atoms with E-state index in [1.165, 1.54) is 28.4 Å². The van der Waals surface area contributed by atoms with Crippen LogP contribution in [-0.4, -0.2) is 144 Å². The number of hydrogen-bond acceptors (Lipinski definition) is 15. The molecule has 400 valence electrons. The second kappa shape index (κ2) is 38.6. The Labute approximate surface area is 422 Å². The number of carbonyl (C=O) groups excluding carboxylic acids is 7. The number of nitrogens with zero attached hydrogens (tertiary/aromatic N) is 5. The van der Waals surface area contributed by atoms with Gasteiger partial charge in [0.15, 0.2) is 5.78 Å². The second-order valence-electron chi connectivity index (χ2n) is 14.6. The van der Waals surface area contributed by atoms with E-state index in [0.29, 0.717) is 11.5 Å². The Kier molecular flexibility index (Phi) is 34.3. The van der Waals surface area contributed by atoms with Gasteiger partial charge in [0.2, 0.25) is 0 Å². The van der Waals surface area contributed by atoms with E-state index >= 15 is 0 Å². The standard InChI is InChI=1S/C10H10N2O4.C8H11NO2.C7H9NO.C6H7NO2.C5H7N.C4H5NO3.C4H5N.C4H10O3.CH4O/c13-8-1-2-9(14)12(8)16-10(15)5-7-3-4-11-6-7;1-9-4-3-7(6-9)5-8(10)11-2;1-6(9)7-3-4-8(2)5-7;8-6(9)3-5-1-2-7-4-5;1-6-4-2-3-5-6;6-3-1-2-4(7)5(3)8;1-2-4-5-3-1;1-5-4(6-2)7-3;1-2/h3-4,6,11H,1-2,5H2;3-4,6H,5H2,1-2H3;3-5H,1-2H3;1-2,4,7H,3H2,(H,8,9);2-5H,1H3;8H,1-2H2;1-5H;4H,1-3H3;2H,1H3. The molecule has 73 heavy (non-hydrogen) atoms. The third-order valence-corrected chi connectivity index (χ3v) is 8.79. The van der Waals surface area contributed by atoms with Crippen LogP contribution in [0.3, 0.4) is 0 Å². The molecule has 24 heteroatoms. The molecule has 0 radical (unpaired) electrons. The predicted molar refractivity (Wildman–Crippen MR) is 262 cm³/mol. The molecular formula is C49H68N8O16. The van der Waals surface area contributed by atoms with E-state index in [1.807, 2.05) is 121 Å². The first kappa shape index (κ1) is 64.8. The summed E-state index contributed by atoms with van der Waals surface area (Å²) in [7, 11) is 12.7. The molecule has 8 heterocycles. The maximum Gasteiger partial charge on any atom is 0.337 e. The molecular weight excluding hydrogens is 957 g/mol. The van der Waals surface area contributed by atoms with E-state index in [4.69, 9.17) is 20.3 Å². The minimum atomic E-state index is -0.797. The molecule has 2 fully saturated rings. The fraction of sp³-hybridized carbons (Fsp3) is 0.347. The quantitative estimate of drug-likeness (QED) is 0.0349. The first-order valence-electron chi connectivity index (χ1n) is 21.9. The lowest BCUT2D eigenvalue weighted by atomic mass is 10.2. The van der Waals surface area contributed by atoms with Crippen molar-refractivity contribution in [1.82, 2.24) is 38.8 Å². The van der Waals surface area contributed by atoms with Gasteiger partial charge in [-0.15, -0.1) is 5.06 Å². The van der Waals surface area contributed by atoms with E-state index in [0.717, 1.165) is 29.4 Å². The summed E-state index contributed by atoms with van der Waals surface area (Å²) in [6.07, 6.45) is 22.9. The number of aromatic amines is 3. The highest BCUT2D eigenvalue weighted by Crippen LogP contribution is 2.13. The number of esters is 1. The summed E-state index contributed by atoms with van der Waals surface area (Å²) in [5.74, 6) is -3.44. The zero-order chi connectivity index (χ0) is 55.1. The number of Topliss-reactive ketones (excluding diaryl/α,β-unsaturated/α-hetero) is 1. The molecule has 6 N–H and O–H groups in total. The number of methoxy groups -OCH3 is 4. The number of carboxylic acid groups (broad SMARTS) is 1. The molecule has 0 spiro atoms. The first-order valence-corrected chi connectivity index (χ1v) is 21.9. The molecule has 24 nitrogen and oxygen atoms in total. The van der Waals surface area contributed by atoms with Crippen LogP contribution in [0.5, 0.6) is 0 Å². The number of ketones is 1. The lowest BCUT2D eigenvalue weighted by Gasteiger charge is -2.11. The summed E-state index contributed by atoms with van der Waals surface area (Å²) in [5.41, 5.74) is 3.31. The third kappa shape index (κ3) is 30.2. The van der Waals surface area contributed by atoms with Crippen molar-refractivity contribution in [3.8, 4) is 0 Å². The number of carbonyl (C=O) groups is 8. The average Bonchev–Trinajstić information content (AvgIpc) is 4.23. The van der Waals surface area contributed by atoms with Crippen LogP contribution in [0, 0.1) is 0 Å². The summed E-state index contributed by atoms with van der Waals surface area (Å²) >= 11 is 0. The zero-order valence-electron chi connectivity index (χ0n) is 42.5. The van der Waals surface area contributed by atoms with Gasteiger partial charge in [-0.2, -0.15) is 5.06 Å². The second-order valence-corrected chi connectivity index (χ2v) is 14.6. The SMILES string of the molecule is CC(=O)c1ccn(C)c1.CO.COC(=O)Cc1ccn(C)c1.COC(OC)OC.Cn1cccc1.O=C(Cc1cc[nH]c1)ON1C(=O)CCC1=O.O=C(O)Cc1cc[nH]c1.O=C1CCC(=O)N1O.c1cc[nH]c1. The molecule has 0 unspecified atom stereocenters. The molecule has 0 aromatic carbocycles. The molecule has 2 saturated heterocycles. The smallest absolute Gasteiger partial charge is 0.337 e. The topological polar surface area (TPSA) is 312 Å². The number of aliphatic hydroxyl groups is 1. The van der Waals surface area contributed by atoms with Gasteiger partial charge in [-0.05, 0) is 72.1 Å². The maximum atomic E-state index is 11.4. The fourth-order valence-corrected chi connectivity index (χ4v) is 5.24. The van der Waals surface area contributed by atoms with Crippen LogP contribution in [0.1, 0.15) is 59.7 Å². The van der Waals surface area contributed by atoms with E-state index in [1.54, 1.807) is 43.8 Å². The molecule has 0 atom stereocenters. The number of hydrogen-bond donors (Lipinski definition) is 6. The van der Waals surface area contributed by atoms with Gasteiger partial charge in [0.1, 0.15) is 0 Å². The van der Waals surface area contributed by atoms with Crippen molar-refractivity contribution in [3.63, 3.8) is 0 Å². The fourth-order valence-electron chi connectivity index (χ4n) is 5.24. The third-order valence-electron chi connectivity index (χ3n) is 8.79. The number of rotatable bonds is 11. The van der Waals surface area contributed by atoms with Gasteiger partial charge >= 0.3 is 17.9 Å². The minimum Gasteiger partial charge on any atom is -0.481 e. The predicted octanol–water partition coefficient (Wildman–Crippen LogP) is 4.16. The van der Waals surface area contributed by atoms with E-state index in [2.05, 4.69) is 33.9 Å². The number of ether oxygens (including phenoxy) is 4. The van der Waals surface area contributed by atoms with Crippen molar-refractivity contribution in [2.45, 2.75) is 58.3 Å². The summed E-state index contributed by atoms with van der Waals surface area (Å²) in [6, 6.07) is 15.1. The molecule has 2 aliphatic heterocycles. The van der Waals surface area contributed by atoms with Gasteiger partial charge in [0, 0.05) is 155 Å². The Hall–Kier alpha value is -8.16. The Morgan fingerprint density at radius 3 is 1.33 bits per heavy atom. The van der Waals surface area contributed by atoms with Crippen LogP contribution in [0.4, 0.5) is 0 Å². The zero-order valence-corrected chi connectivity index (χ0v) is 42.5. The number of aryl methyl sites for hydroxylation is 3. The van der Waals surface area contributed by atoms with E-state index in [9.17, 15) is 38.4 Å². The largest absolute Gasteiger partial charge is 0.481 e. The number of aromatic nitrogens is 6. The summed E-state index contributed by atoms with van der Waals surface area (Å²) in [4.78, 5) is 98.7. The lowest BCUT2D eigenvalue weighted by Crippen LogP contribution is -2.32. The molecule has 0 bridgehead atoms. The average molecular weight is 1030 g/mol. The number of carboxylic acids is 1. The van der Waals surface area contributed by atoms with Gasteiger partial charge in [0.05, 0.1) is 26.4 Å². The van der Waals surface area contributed by atoms with Crippen molar-refractivity contribution < 1.29 is 77.6 Å². The van der Waals surface area contributed by atoms with Gasteiger partial charge in [-0.25, -0.2) is 4.79 Å². The maximum absolute atomic E-state index is 11.4. The molecule has 6 aromatic heterocycles. The number of amides is 4. The summed E-state index contributed by atoms with van der Waals surface area (Å²) in [5, 5.41) is 24.4. The minimum absolute atomic E-state index is 0.0283. The summed E-state index contributed by atoms with van der Waals surface area (Å²) < 4.78 is 24.1. The highest BCUT2D eigenvalue weighted by atomic mass is 16.8. The van der Waals surface area contributed by atoms with Crippen molar-refractivity contribution in [2.75, 3.05) is 35.5 Å². The number of nitrogens with one attached hydrogen (secondary N) is 3. The Morgan fingerprint density at radius 1 is 0.575 bits per heavy atom. The van der Waals surface area contributed by atoms with Crippen molar-refractivity contribution in [3.05, 3.63) is 145 Å². The van der Waals surface area contributed by atoms with Gasteiger partial charge in [-0.3, -0.25) is 38.8 Å². The monoisotopic (exact) mass is 1020 g/mol. The lowest BCUT2D eigenvalue weighted by molar-refractivity contribution is -0.252.